The molecule has 0 atom stereocenters. The van der Waals surface area contributed by atoms with E-state index in [4.69, 9.17) is 39.9 Å². The topological polar surface area (TPSA) is 103 Å². The Morgan fingerprint density at radius 2 is 0.487 bits per heavy atom. The lowest BCUT2D eigenvalue weighted by Crippen LogP contribution is -2.01. The van der Waals surface area contributed by atoms with Crippen LogP contribution in [-0.4, -0.2) is 39.9 Å². The zero-order chi connectivity index (χ0) is 51.8. The van der Waals surface area contributed by atoms with E-state index in [1.165, 1.54) is 16.2 Å². The third kappa shape index (κ3) is 8.99. The molecule has 11 aromatic carbocycles. The molecule has 3 heterocycles. The highest BCUT2D eigenvalue weighted by atomic mass is 15.0. The van der Waals surface area contributed by atoms with E-state index in [1.54, 1.807) is 0 Å². The van der Waals surface area contributed by atoms with Gasteiger partial charge in [-0.25, -0.2) is 39.9 Å². The van der Waals surface area contributed by atoms with Gasteiger partial charge in [-0.05, 0) is 62.5 Å². The second kappa shape index (κ2) is 19.9. The van der Waals surface area contributed by atoms with Crippen molar-refractivity contribution in [1.82, 2.24) is 39.9 Å². The Kier molecular flexibility index (Phi) is 11.7. The molecule has 0 spiro atoms. The van der Waals surface area contributed by atoms with E-state index in [-0.39, 0.29) is 0 Å². The van der Waals surface area contributed by atoms with Gasteiger partial charge in [0.05, 0.1) is 11.2 Å². The summed E-state index contributed by atoms with van der Waals surface area (Å²) in [6.45, 7) is 0. The van der Waals surface area contributed by atoms with Crippen molar-refractivity contribution >= 4 is 32.4 Å². The van der Waals surface area contributed by atoms with Gasteiger partial charge >= 0.3 is 0 Å². The molecular formula is C70H44N8. The fourth-order valence-corrected chi connectivity index (χ4v) is 10.1. The predicted molar refractivity (Wildman–Crippen MR) is 316 cm³/mol. The first-order valence-electron chi connectivity index (χ1n) is 25.9. The van der Waals surface area contributed by atoms with Gasteiger partial charge in [0.1, 0.15) is 0 Å². The minimum absolute atomic E-state index is 0.569. The molecule has 0 saturated heterocycles. The molecule has 78 heavy (non-hydrogen) atoms. The van der Waals surface area contributed by atoms with Crippen LogP contribution in [0.1, 0.15) is 0 Å². The fourth-order valence-electron chi connectivity index (χ4n) is 10.1. The first-order valence-corrected chi connectivity index (χ1v) is 25.9. The maximum absolute atomic E-state index is 5.55. The smallest absolute Gasteiger partial charge is 0.164 e. The lowest BCUT2D eigenvalue weighted by molar-refractivity contribution is 1.07. The van der Waals surface area contributed by atoms with Gasteiger partial charge in [0.2, 0.25) is 0 Å². The van der Waals surface area contributed by atoms with Crippen LogP contribution in [0.5, 0.6) is 0 Å². The lowest BCUT2D eigenvalue weighted by Gasteiger charge is -2.16. The number of rotatable bonds is 10. The van der Waals surface area contributed by atoms with Crippen molar-refractivity contribution in [3.63, 3.8) is 0 Å². The monoisotopic (exact) mass is 996 g/mol. The van der Waals surface area contributed by atoms with Crippen LogP contribution in [0.2, 0.25) is 0 Å². The van der Waals surface area contributed by atoms with Gasteiger partial charge in [0.15, 0.2) is 40.8 Å². The van der Waals surface area contributed by atoms with Crippen molar-refractivity contribution in [2.24, 2.45) is 0 Å². The van der Waals surface area contributed by atoms with Gasteiger partial charge in [0, 0.05) is 55.5 Å². The maximum Gasteiger partial charge on any atom is 0.164 e. The van der Waals surface area contributed by atoms with Crippen molar-refractivity contribution in [2.75, 3.05) is 0 Å². The molecule has 0 unspecified atom stereocenters. The zero-order valence-corrected chi connectivity index (χ0v) is 42.0. The van der Waals surface area contributed by atoms with Gasteiger partial charge in [-0.3, -0.25) is 0 Å². The Morgan fingerprint density at radius 3 is 0.897 bits per heavy atom. The summed E-state index contributed by atoms with van der Waals surface area (Å²) in [5.41, 5.74) is 12.9. The van der Waals surface area contributed by atoms with Crippen LogP contribution in [0.15, 0.2) is 267 Å². The third-order valence-electron chi connectivity index (χ3n) is 14.2. The van der Waals surface area contributed by atoms with Crippen LogP contribution in [-0.2, 0) is 0 Å². The fraction of sp³-hybridized carbons (Fsp3) is 0. The largest absolute Gasteiger partial charge is 0.227 e. The van der Waals surface area contributed by atoms with Crippen LogP contribution < -0.4 is 0 Å². The number of hydrogen-bond donors (Lipinski definition) is 0. The Hall–Kier alpha value is -10.7. The van der Waals surface area contributed by atoms with Crippen molar-refractivity contribution < 1.29 is 0 Å². The summed E-state index contributed by atoms with van der Waals surface area (Å²) in [6, 6.07) is 91.6. The van der Waals surface area contributed by atoms with Crippen LogP contribution >= 0.6 is 0 Å². The predicted octanol–water partition coefficient (Wildman–Crippen LogP) is 17.0. The van der Waals surface area contributed by atoms with Crippen LogP contribution in [0, 0.1) is 0 Å². The summed E-state index contributed by atoms with van der Waals surface area (Å²) in [7, 11) is 0. The van der Waals surface area contributed by atoms with Gasteiger partial charge in [-0.2, -0.15) is 0 Å². The molecule has 3 aromatic heterocycles. The standard InChI is InChI=1S/C70H44N8/c1-5-19-48(20-6-1)65-73-66(49-21-7-2-8-22-49)76-69(75-65)53-33-31-47(32-34-53)62-61-44-59(57-39-29-45-17-13-15-27-55(45)41-57)43-60(58-40-30-46-18-14-16-28-56(46)42-58)63(61)72-64(71-62)52-35-37-54(38-36-52)70-77-67(50-23-9-3-10-24-50)74-68(78-70)51-25-11-4-12-26-51/h1-44H. The van der Waals surface area contributed by atoms with Gasteiger partial charge < -0.3 is 0 Å². The minimum atomic E-state index is 0.569. The van der Waals surface area contributed by atoms with E-state index in [0.29, 0.717) is 40.8 Å². The molecule has 0 aliphatic carbocycles. The van der Waals surface area contributed by atoms with Crippen molar-refractivity contribution in [3.8, 4) is 113 Å². The molecule has 14 aromatic rings. The Morgan fingerprint density at radius 1 is 0.179 bits per heavy atom. The second-order valence-corrected chi connectivity index (χ2v) is 19.2. The molecule has 0 aliphatic heterocycles. The van der Waals surface area contributed by atoms with Crippen LogP contribution in [0.4, 0.5) is 0 Å². The Labute approximate surface area is 450 Å². The first kappa shape index (κ1) is 45.9. The summed E-state index contributed by atoms with van der Waals surface area (Å²) in [4.78, 5) is 41.1. The highest BCUT2D eigenvalue weighted by molar-refractivity contribution is 6.06. The van der Waals surface area contributed by atoms with E-state index < -0.39 is 0 Å². The summed E-state index contributed by atoms with van der Waals surface area (Å²) in [6.07, 6.45) is 0. The molecule has 0 aliphatic rings. The van der Waals surface area contributed by atoms with Gasteiger partial charge in [0.25, 0.3) is 0 Å². The molecule has 8 nitrogen and oxygen atoms in total. The zero-order valence-electron chi connectivity index (χ0n) is 42.0. The summed E-state index contributed by atoms with van der Waals surface area (Å²) >= 11 is 0. The van der Waals surface area contributed by atoms with Crippen molar-refractivity contribution in [2.45, 2.75) is 0 Å². The van der Waals surface area contributed by atoms with E-state index in [1.807, 2.05) is 133 Å². The maximum atomic E-state index is 5.55. The van der Waals surface area contributed by atoms with Crippen LogP contribution in [0.3, 0.4) is 0 Å². The summed E-state index contributed by atoms with van der Waals surface area (Å²) in [5.74, 6) is 4.13. The van der Waals surface area contributed by atoms with E-state index in [9.17, 15) is 0 Å². The minimum Gasteiger partial charge on any atom is -0.227 e. The summed E-state index contributed by atoms with van der Waals surface area (Å²) < 4.78 is 0. The van der Waals surface area contributed by atoms with E-state index >= 15 is 0 Å². The molecule has 0 N–H and O–H groups in total. The molecule has 0 radical (unpaired) electrons. The van der Waals surface area contributed by atoms with E-state index in [2.05, 4.69) is 133 Å². The second-order valence-electron chi connectivity index (χ2n) is 19.2. The molecule has 8 heteroatoms. The molecule has 14 rings (SSSR count). The number of nitrogens with zero attached hydrogens (tertiary/aromatic N) is 8. The van der Waals surface area contributed by atoms with Crippen molar-refractivity contribution in [3.05, 3.63) is 267 Å². The first-order chi connectivity index (χ1) is 38.6. The normalized spacial score (nSPS) is 11.3. The lowest BCUT2D eigenvalue weighted by atomic mass is 9.92. The SMILES string of the molecule is c1ccc(-c2nc(-c3ccccc3)nc(-c3ccc(-c4nc(-c5ccc(-c6nc(-c7ccccc7)nc(-c7ccccc7)n6)cc5)c5cc(-c6ccc7ccccc7c6)cc(-c6ccc7ccccc7c6)c5n4)cc3)n2)cc1. The molecule has 0 fully saturated rings. The van der Waals surface area contributed by atoms with E-state index in [0.717, 1.165) is 88.7 Å². The van der Waals surface area contributed by atoms with Crippen LogP contribution in [0.25, 0.3) is 146 Å². The highest BCUT2D eigenvalue weighted by Crippen LogP contribution is 2.41. The Balaban J connectivity index is 0.952. The number of benzene rings is 11. The Bertz CT molecular complexity index is 4400. The molecule has 0 bridgehead atoms. The molecular weight excluding hydrogens is 953 g/mol. The number of fused-ring (bicyclic) bond motifs is 3. The summed E-state index contributed by atoms with van der Waals surface area (Å²) in [5, 5.41) is 5.59. The average Bonchev–Trinajstić information content (AvgIpc) is 3.53. The molecule has 364 valence electrons. The molecule has 0 amide bonds. The third-order valence-corrected chi connectivity index (χ3v) is 14.2. The quantitative estimate of drug-likeness (QED) is 0.133. The van der Waals surface area contributed by atoms with Gasteiger partial charge in [-0.15, -0.1) is 0 Å². The average molecular weight is 997 g/mol. The van der Waals surface area contributed by atoms with Crippen molar-refractivity contribution in [1.29, 1.82) is 0 Å². The molecule has 0 saturated carbocycles. The number of aromatic nitrogens is 8. The number of hydrogen-bond acceptors (Lipinski definition) is 8. The highest BCUT2D eigenvalue weighted by Gasteiger charge is 2.20. The van der Waals surface area contributed by atoms with Gasteiger partial charge in [-0.1, -0.05) is 243 Å².